The molecule has 2 rings (SSSR count). The molecule has 1 amide bonds. The average Bonchev–Trinajstić information content (AvgIpc) is 2.30. The lowest BCUT2D eigenvalue weighted by atomic mass is 9.66. The Hall–Kier alpha value is -0.550. The standard InChI is InChI=1S/C12H19NO3S/c1-8(14)10(6-17)13-7-12(11(13)16)4-2-9(15)3-5-12/h9-10,15,17H,2-7H2,1H3. The van der Waals surface area contributed by atoms with Crippen LogP contribution >= 0.6 is 12.6 Å². The van der Waals surface area contributed by atoms with Crippen LogP contribution in [0.25, 0.3) is 0 Å². The van der Waals surface area contributed by atoms with Crippen LogP contribution in [0.5, 0.6) is 0 Å². The first-order valence-corrected chi connectivity index (χ1v) is 6.74. The third kappa shape index (κ3) is 2.10. The van der Waals surface area contributed by atoms with Gasteiger partial charge in [-0.15, -0.1) is 0 Å². The lowest BCUT2D eigenvalue weighted by molar-refractivity contribution is -0.171. The van der Waals surface area contributed by atoms with E-state index in [0.717, 1.165) is 12.8 Å². The molecule has 0 radical (unpaired) electrons. The van der Waals surface area contributed by atoms with E-state index in [9.17, 15) is 14.7 Å². The van der Waals surface area contributed by atoms with E-state index in [-0.39, 0.29) is 29.3 Å². The van der Waals surface area contributed by atoms with Gasteiger partial charge < -0.3 is 10.0 Å². The molecule has 1 spiro atoms. The van der Waals surface area contributed by atoms with E-state index in [1.54, 1.807) is 4.90 Å². The lowest BCUT2D eigenvalue weighted by Crippen LogP contribution is -2.67. The van der Waals surface area contributed by atoms with Gasteiger partial charge in [0.05, 0.1) is 17.6 Å². The van der Waals surface area contributed by atoms with Gasteiger partial charge in [0.2, 0.25) is 5.91 Å². The van der Waals surface area contributed by atoms with Crippen molar-refractivity contribution in [1.82, 2.24) is 4.90 Å². The van der Waals surface area contributed by atoms with Crippen molar-refractivity contribution in [2.24, 2.45) is 5.41 Å². The molecule has 0 aromatic heterocycles. The number of aliphatic hydroxyl groups excluding tert-OH is 1. The Labute approximate surface area is 107 Å². The molecule has 1 saturated heterocycles. The number of rotatable bonds is 3. The summed E-state index contributed by atoms with van der Waals surface area (Å²) in [4.78, 5) is 25.2. The predicted molar refractivity (Wildman–Crippen MR) is 66.9 cm³/mol. The van der Waals surface area contributed by atoms with Crippen molar-refractivity contribution < 1.29 is 14.7 Å². The van der Waals surface area contributed by atoms with Crippen LogP contribution in [0.2, 0.25) is 0 Å². The van der Waals surface area contributed by atoms with E-state index in [1.165, 1.54) is 6.92 Å². The van der Waals surface area contributed by atoms with Crippen LogP contribution in [0, 0.1) is 5.41 Å². The van der Waals surface area contributed by atoms with Crippen molar-refractivity contribution in [2.75, 3.05) is 12.3 Å². The van der Waals surface area contributed by atoms with Crippen LogP contribution in [0.15, 0.2) is 0 Å². The molecule has 17 heavy (non-hydrogen) atoms. The van der Waals surface area contributed by atoms with Crippen LogP contribution in [0.4, 0.5) is 0 Å². The summed E-state index contributed by atoms with van der Waals surface area (Å²) in [5, 5.41) is 9.47. The van der Waals surface area contributed by atoms with E-state index in [2.05, 4.69) is 12.6 Å². The fourth-order valence-corrected chi connectivity index (χ4v) is 3.36. The minimum Gasteiger partial charge on any atom is -0.393 e. The third-order valence-corrected chi connectivity index (χ3v) is 4.46. The van der Waals surface area contributed by atoms with Crippen molar-refractivity contribution in [1.29, 1.82) is 0 Å². The first kappa shape index (κ1) is 12.9. The Bertz CT molecular complexity index is 337. The largest absolute Gasteiger partial charge is 0.393 e. The van der Waals surface area contributed by atoms with E-state index in [1.807, 2.05) is 0 Å². The van der Waals surface area contributed by atoms with Crippen LogP contribution in [-0.4, -0.2) is 46.1 Å². The first-order valence-electron chi connectivity index (χ1n) is 6.10. The fourth-order valence-electron chi connectivity index (χ4n) is 2.90. The number of β-lactam (4-membered cyclic amide) rings is 1. The van der Waals surface area contributed by atoms with Gasteiger partial charge in [0.1, 0.15) is 0 Å². The maximum atomic E-state index is 12.2. The van der Waals surface area contributed by atoms with Crippen LogP contribution in [-0.2, 0) is 9.59 Å². The van der Waals surface area contributed by atoms with Crippen molar-refractivity contribution in [3.8, 4) is 0 Å². The normalized spacial score (nSPS) is 34.6. The molecule has 2 aliphatic rings. The molecule has 1 aliphatic heterocycles. The maximum absolute atomic E-state index is 12.2. The molecule has 1 unspecified atom stereocenters. The lowest BCUT2D eigenvalue weighted by Gasteiger charge is -2.53. The molecule has 96 valence electrons. The molecule has 1 N–H and O–H groups in total. The molecular formula is C12H19NO3S. The zero-order valence-electron chi connectivity index (χ0n) is 10.1. The quantitative estimate of drug-likeness (QED) is 0.576. The zero-order chi connectivity index (χ0) is 12.6. The van der Waals surface area contributed by atoms with Gasteiger partial charge in [0.15, 0.2) is 5.78 Å². The Morgan fingerprint density at radius 2 is 2.18 bits per heavy atom. The van der Waals surface area contributed by atoms with Crippen molar-refractivity contribution in [3.63, 3.8) is 0 Å². The van der Waals surface area contributed by atoms with Gasteiger partial charge in [-0.1, -0.05) is 0 Å². The molecular weight excluding hydrogens is 238 g/mol. The number of hydrogen-bond donors (Lipinski definition) is 2. The Morgan fingerprint density at radius 1 is 1.59 bits per heavy atom. The minimum atomic E-state index is -0.372. The summed E-state index contributed by atoms with van der Waals surface area (Å²) in [7, 11) is 0. The van der Waals surface area contributed by atoms with Crippen LogP contribution in [0.3, 0.4) is 0 Å². The SMILES string of the molecule is CC(=O)C(CS)N1CC2(CCC(O)CC2)C1=O. The fraction of sp³-hybridized carbons (Fsp3) is 0.833. The summed E-state index contributed by atoms with van der Waals surface area (Å²) in [5.41, 5.74) is -0.282. The molecule has 1 aliphatic carbocycles. The number of Topliss-reactive ketones (excluding diaryl/α,β-unsaturated/α-hetero) is 1. The van der Waals surface area contributed by atoms with Gasteiger partial charge in [0.25, 0.3) is 0 Å². The molecule has 1 atom stereocenters. The van der Waals surface area contributed by atoms with Crippen LogP contribution in [0.1, 0.15) is 32.6 Å². The summed E-state index contributed by atoms with van der Waals surface area (Å²) in [6.07, 6.45) is 2.65. The number of ketones is 1. The Morgan fingerprint density at radius 3 is 2.59 bits per heavy atom. The molecule has 2 fully saturated rings. The molecule has 0 aromatic carbocycles. The van der Waals surface area contributed by atoms with Gasteiger partial charge >= 0.3 is 0 Å². The monoisotopic (exact) mass is 257 g/mol. The number of thiol groups is 1. The number of carbonyl (C=O) groups is 2. The number of hydrogen-bond acceptors (Lipinski definition) is 4. The highest BCUT2D eigenvalue weighted by Gasteiger charge is 2.55. The second-order valence-corrected chi connectivity index (χ2v) is 5.62. The van der Waals surface area contributed by atoms with Gasteiger partial charge in [0, 0.05) is 12.3 Å². The van der Waals surface area contributed by atoms with Crippen molar-refractivity contribution in [3.05, 3.63) is 0 Å². The number of likely N-dealkylation sites (tertiary alicyclic amines) is 1. The molecule has 1 saturated carbocycles. The van der Waals surface area contributed by atoms with Gasteiger partial charge in [-0.2, -0.15) is 12.6 Å². The average molecular weight is 257 g/mol. The number of amides is 1. The van der Waals surface area contributed by atoms with E-state index in [4.69, 9.17) is 0 Å². The summed E-state index contributed by atoms with van der Waals surface area (Å²) >= 11 is 4.13. The second kappa shape index (κ2) is 4.61. The molecule has 0 bridgehead atoms. The highest BCUT2D eigenvalue weighted by Crippen LogP contribution is 2.45. The summed E-state index contributed by atoms with van der Waals surface area (Å²) in [6, 6.07) is -0.372. The molecule has 5 heteroatoms. The van der Waals surface area contributed by atoms with Crippen molar-refractivity contribution in [2.45, 2.75) is 44.8 Å². The third-order valence-electron chi connectivity index (χ3n) is 4.12. The van der Waals surface area contributed by atoms with Gasteiger partial charge in [-0.3, -0.25) is 9.59 Å². The van der Waals surface area contributed by atoms with Gasteiger partial charge in [-0.25, -0.2) is 0 Å². The van der Waals surface area contributed by atoms with Gasteiger partial charge in [-0.05, 0) is 32.6 Å². The van der Waals surface area contributed by atoms with E-state index in [0.29, 0.717) is 25.1 Å². The number of nitrogens with zero attached hydrogens (tertiary/aromatic N) is 1. The summed E-state index contributed by atoms with van der Waals surface area (Å²) in [5.74, 6) is 0.470. The second-order valence-electron chi connectivity index (χ2n) is 5.25. The number of carbonyl (C=O) groups excluding carboxylic acids is 2. The minimum absolute atomic E-state index is 0.000885. The van der Waals surface area contributed by atoms with Crippen LogP contribution < -0.4 is 0 Å². The van der Waals surface area contributed by atoms with E-state index >= 15 is 0 Å². The van der Waals surface area contributed by atoms with E-state index < -0.39 is 0 Å². The highest BCUT2D eigenvalue weighted by molar-refractivity contribution is 7.80. The summed E-state index contributed by atoms with van der Waals surface area (Å²) < 4.78 is 0. The number of aliphatic hydroxyl groups is 1. The maximum Gasteiger partial charge on any atom is 0.231 e. The molecule has 0 aromatic rings. The zero-order valence-corrected chi connectivity index (χ0v) is 10.9. The summed E-state index contributed by atoms with van der Waals surface area (Å²) in [6.45, 7) is 2.16. The molecule has 1 heterocycles. The Kier molecular flexibility index (Phi) is 3.50. The Balaban J connectivity index is 2.01. The molecule has 4 nitrogen and oxygen atoms in total. The first-order chi connectivity index (χ1) is 8.00. The predicted octanol–water partition coefficient (Wildman–Crippen LogP) is 0.637. The highest BCUT2D eigenvalue weighted by atomic mass is 32.1. The smallest absolute Gasteiger partial charge is 0.231 e. The van der Waals surface area contributed by atoms with Crippen molar-refractivity contribution >= 4 is 24.3 Å². The topological polar surface area (TPSA) is 57.6 Å².